The Morgan fingerprint density at radius 3 is 2.46 bits per heavy atom. The zero-order valence-corrected chi connectivity index (χ0v) is 14.4. The van der Waals surface area contributed by atoms with E-state index in [1.54, 1.807) is 19.2 Å². The van der Waals surface area contributed by atoms with Crippen LogP contribution in [0.3, 0.4) is 0 Å². The van der Waals surface area contributed by atoms with E-state index in [2.05, 4.69) is 15.3 Å². The topological polar surface area (TPSA) is 54.9 Å². The van der Waals surface area contributed by atoms with Crippen LogP contribution >= 0.6 is 11.8 Å². The second kappa shape index (κ2) is 7.33. The first-order valence-corrected chi connectivity index (χ1v) is 8.58. The van der Waals surface area contributed by atoms with Gasteiger partial charge >= 0.3 is 6.18 Å². The van der Waals surface area contributed by atoms with Crippen molar-refractivity contribution in [2.45, 2.75) is 23.4 Å². The van der Waals surface area contributed by atoms with Gasteiger partial charge in [-0.05, 0) is 31.2 Å². The molecule has 0 aliphatic rings. The number of para-hydroxylation sites is 3. The molecule has 0 fully saturated rings. The number of nitrogens with one attached hydrogen (secondary N) is 1. The van der Waals surface area contributed by atoms with E-state index in [1.165, 1.54) is 18.2 Å². The Balaban J connectivity index is 1.74. The third kappa shape index (κ3) is 4.13. The van der Waals surface area contributed by atoms with Crippen molar-refractivity contribution in [1.82, 2.24) is 9.97 Å². The maximum absolute atomic E-state index is 13.0. The lowest BCUT2D eigenvalue weighted by molar-refractivity contribution is -0.137. The number of carbonyl (C=O) groups is 1. The summed E-state index contributed by atoms with van der Waals surface area (Å²) in [4.78, 5) is 21.0. The number of carbonyl (C=O) groups excluding carboxylic acids is 1. The van der Waals surface area contributed by atoms with E-state index in [4.69, 9.17) is 0 Å². The quantitative estimate of drug-likeness (QED) is 0.666. The third-order valence-corrected chi connectivity index (χ3v) is 4.59. The zero-order valence-electron chi connectivity index (χ0n) is 13.6. The first kappa shape index (κ1) is 18.2. The molecule has 8 heteroatoms. The standard InChI is InChI=1S/C18H14F3N3OS/c1-11(26-16-10-22-14-8-4-5-9-15(14)23-16)17(25)24-13-7-3-2-6-12(13)18(19,20)21/h2-11H,1H3,(H,24,25)/t11-/m1/s1. The van der Waals surface area contributed by atoms with Gasteiger partial charge in [0.05, 0.1) is 33.7 Å². The summed E-state index contributed by atoms with van der Waals surface area (Å²) in [5.41, 5.74) is 0.277. The maximum atomic E-state index is 13.0. The minimum atomic E-state index is -4.54. The van der Waals surface area contributed by atoms with Crippen LogP contribution in [-0.2, 0) is 11.0 Å². The van der Waals surface area contributed by atoms with Gasteiger partial charge in [-0.3, -0.25) is 9.78 Å². The molecule has 0 bridgehead atoms. The SMILES string of the molecule is C[C@@H](Sc1cnc2ccccc2n1)C(=O)Nc1ccccc1C(F)(F)F. The first-order chi connectivity index (χ1) is 12.3. The van der Waals surface area contributed by atoms with Gasteiger partial charge in [0, 0.05) is 0 Å². The predicted octanol–water partition coefficient (Wildman–Crippen LogP) is 4.77. The van der Waals surface area contributed by atoms with Gasteiger partial charge in [-0.2, -0.15) is 13.2 Å². The van der Waals surface area contributed by atoms with Gasteiger partial charge in [0.15, 0.2) is 0 Å². The Bertz CT molecular complexity index is 946. The second-order valence-electron chi connectivity index (χ2n) is 5.49. The first-order valence-electron chi connectivity index (χ1n) is 7.70. The molecule has 0 saturated heterocycles. The van der Waals surface area contributed by atoms with Crippen LogP contribution in [0, 0.1) is 0 Å². The lowest BCUT2D eigenvalue weighted by Gasteiger charge is -2.16. The van der Waals surface area contributed by atoms with E-state index in [-0.39, 0.29) is 5.69 Å². The molecule has 1 amide bonds. The summed E-state index contributed by atoms with van der Waals surface area (Å²) in [6.07, 6.45) is -3.00. The summed E-state index contributed by atoms with van der Waals surface area (Å²) in [7, 11) is 0. The Hall–Kier alpha value is -2.61. The smallest absolute Gasteiger partial charge is 0.325 e. The molecule has 0 aliphatic heterocycles. The molecular weight excluding hydrogens is 363 g/mol. The molecule has 134 valence electrons. The van der Waals surface area contributed by atoms with E-state index >= 15 is 0 Å². The van der Waals surface area contributed by atoms with Gasteiger partial charge in [-0.25, -0.2) is 4.98 Å². The molecule has 26 heavy (non-hydrogen) atoms. The Labute approximate surface area is 151 Å². The van der Waals surface area contributed by atoms with Crippen LogP contribution in [0.1, 0.15) is 12.5 Å². The summed E-state index contributed by atoms with van der Waals surface area (Å²) in [5, 5.41) is 2.22. The van der Waals surface area contributed by atoms with Crippen molar-refractivity contribution in [1.29, 1.82) is 0 Å². The predicted molar refractivity (Wildman–Crippen MR) is 94.9 cm³/mol. The van der Waals surface area contributed by atoms with Crippen LogP contribution in [0.15, 0.2) is 59.8 Å². The highest BCUT2D eigenvalue weighted by molar-refractivity contribution is 8.00. The molecule has 3 aromatic rings. The highest BCUT2D eigenvalue weighted by atomic mass is 32.2. The Morgan fingerprint density at radius 1 is 1.08 bits per heavy atom. The number of benzene rings is 2. The van der Waals surface area contributed by atoms with Gasteiger partial charge < -0.3 is 5.32 Å². The summed E-state index contributed by atoms with van der Waals surface area (Å²) in [6.45, 7) is 1.60. The number of hydrogen-bond donors (Lipinski definition) is 1. The molecule has 4 nitrogen and oxygen atoms in total. The average molecular weight is 377 g/mol. The molecule has 1 N–H and O–H groups in total. The number of nitrogens with zero attached hydrogens (tertiary/aromatic N) is 2. The van der Waals surface area contributed by atoms with E-state index in [0.29, 0.717) is 10.5 Å². The summed E-state index contributed by atoms with van der Waals surface area (Å²) < 4.78 is 39.1. The fourth-order valence-corrected chi connectivity index (χ4v) is 3.10. The van der Waals surface area contributed by atoms with Crippen LogP contribution in [0.5, 0.6) is 0 Å². The largest absolute Gasteiger partial charge is 0.418 e. The average Bonchev–Trinajstić information content (AvgIpc) is 2.61. The molecule has 0 aliphatic carbocycles. The summed E-state index contributed by atoms with van der Waals surface area (Å²) in [6, 6.07) is 12.2. The number of halogens is 3. The van der Waals surface area contributed by atoms with Crippen LogP contribution in [-0.4, -0.2) is 21.1 Å². The molecular formula is C18H14F3N3OS. The fraction of sp³-hybridized carbons (Fsp3) is 0.167. The number of thioether (sulfide) groups is 1. The molecule has 0 saturated carbocycles. The molecule has 3 rings (SSSR count). The van der Waals surface area contributed by atoms with Crippen molar-refractivity contribution < 1.29 is 18.0 Å². The Kier molecular flexibility index (Phi) is 5.13. The maximum Gasteiger partial charge on any atom is 0.418 e. The third-order valence-electron chi connectivity index (χ3n) is 3.58. The van der Waals surface area contributed by atoms with E-state index < -0.39 is 22.9 Å². The lowest BCUT2D eigenvalue weighted by Crippen LogP contribution is -2.24. The Morgan fingerprint density at radius 2 is 1.73 bits per heavy atom. The van der Waals surface area contributed by atoms with Crippen molar-refractivity contribution in [3.05, 3.63) is 60.3 Å². The molecule has 1 atom stereocenters. The number of amides is 1. The van der Waals surface area contributed by atoms with Crippen molar-refractivity contribution in [2.24, 2.45) is 0 Å². The molecule has 0 unspecified atom stereocenters. The van der Waals surface area contributed by atoms with E-state index in [0.717, 1.165) is 23.3 Å². The van der Waals surface area contributed by atoms with Gasteiger partial charge in [-0.1, -0.05) is 36.0 Å². The number of fused-ring (bicyclic) bond motifs is 1. The van der Waals surface area contributed by atoms with Crippen molar-refractivity contribution in [3.8, 4) is 0 Å². The number of alkyl halides is 3. The lowest BCUT2D eigenvalue weighted by atomic mass is 10.1. The number of anilines is 1. The van der Waals surface area contributed by atoms with E-state index in [1.807, 2.05) is 18.2 Å². The van der Waals surface area contributed by atoms with Crippen molar-refractivity contribution >= 4 is 34.4 Å². The second-order valence-corrected chi connectivity index (χ2v) is 6.85. The van der Waals surface area contributed by atoms with Crippen LogP contribution in [0.4, 0.5) is 18.9 Å². The summed E-state index contributed by atoms with van der Waals surface area (Å²) in [5.74, 6) is -0.540. The van der Waals surface area contributed by atoms with Crippen LogP contribution in [0.2, 0.25) is 0 Å². The highest BCUT2D eigenvalue weighted by Crippen LogP contribution is 2.35. The normalized spacial score (nSPS) is 12.8. The minimum Gasteiger partial charge on any atom is -0.325 e. The molecule has 1 heterocycles. The van der Waals surface area contributed by atoms with Gasteiger partial charge in [0.1, 0.15) is 5.03 Å². The molecule has 0 radical (unpaired) electrons. The van der Waals surface area contributed by atoms with Crippen LogP contribution < -0.4 is 5.32 Å². The van der Waals surface area contributed by atoms with Gasteiger partial charge in [-0.15, -0.1) is 0 Å². The molecule has 0 spiro atoms. The number of aromatic nitrogens is 2. The highest BCUT2D eigenvalue weighted by Gasteiger charge is 2.33. The molecule has 2 aromatic carbocycles. The van der Waals surface area contributed by atoms with Crippen molar-refractivity contribution in [3.63, 3.8) is 0 Å². The monoisotopic (exact) mass is 377 g/mol. The number of rotatable bonds is 4. The van der Waals surface area contributed by atoms with E-state index in [9.17, 15) is 18.0 Å². The van der Waals surface area contributed by atoms with Gasteiger partial charge in [0.2, 0.25) is 5.91 Å². The fourth-order valence-electron chi connectivity index (χ4n) is 2.31. The number of hydrogen-bond acceptors (Lipinski definition) is 4. The zero-order chi connectivity index (χ0) is 18.7. The van der Waals surface area contributed by atoms with Crippen molar-refractivity contribution in [2.75, 3.05) is 5.32 Å². The summed E-state index contributed by atoms with van der Waals surface area (Å²) >= 11 is 1.13. The minimum absolute atomic E-state index is 0.262. The van der Waals surface area contributed by atoms with Crippen LogP contribution in [0.25, 0.3) is 11.0 Å². The van der Waals surface area contributed by atoms with Gasteiger partial charge in [0.25, 0.3) is 0 Å². The molecule has 1 aromatic heterocycles.